The molecule has 1 atom stereocenters. The Morgan fingerprint density at radius 2 is 1.89 bits per heavy atom. The number of nitrogens with one attached hydrogen (secondary N) is 1. The number of carbonyl (C=O) groups excluding carboxylic acids is 2. The number of aromatic nitrogens is 1. The molecular weight excluding hydrogens is 456 g/mol. The van der Waals surface area contributed by atoms with Gasteiger partial charge in [-0.05, 0) is 18.1 Å². The Morgan fingerprint density at radius 3 is 2.57 bits per heavy atom. The molecule has 1 N–H and O–H groups in total. The molecule has 0 unspecified atom stereocenters. The standard InChI is InChI=1S/C26H25F2N3O4/c1-3-19-13-30(2)26(34)22-24(35-15-16-7-5-4-6-8-16)23(32)20(14-31(19)22)25(33)29-12-17-9-10-18(27)11-21(17)28/h4-11,14,19H,3,12-13,15H2,1-2H3,(H,29,33)/t19-/m0/s1. The molecule has 1 aliphatic rings. The van der Waals surface area contributed by atoms with Gasteiger partial charge in [-0.3, -0.25) is 14.4 Å². The van der Waals surface area contributed by atoms with Crippen LogP contribution in [0.25, 0.3) is 0 Å². The second-order valence-electron chi connectivity index (χ2n) is 8.40. The third-order valence-corrected chi connectivity index (χ3v) is 6.02. The van der Waals surface area contributed by atoms with E-state index in [1.54, 1.807) is 11.6 Å². The van der Waals surface area contributed by atoms with E-state index < -0.39 is 23.0 Å². The first-order valence-electron chi connectivity index (χ1n) is 11.2. The van der Waals surface area contributed by atoms with Gasteiger partial charge in [0, 0.05) is 38.0 Å². The normalized spacial score (nSPS) is 15.0. The largest absolute Gasteiger partial charge is 0.483 e. The highest BCUT2D eigenvalue weighted by Gasteiger charge is 2.34. The van der Waals surface area contributed by atoms with Crippen LogP contribution in [0.1, 0.15) is 51.4 Å². The zero-order valence-electron chi connectivity index (χ0n) is 19.4. The van der Waals surface area contributed by atoms with Gasteiger partial charge in [-0.2, -0.15) is 0 Å². The van der Waals surface area contributed by atoms with Gasteiger partial charge in [0.05, 0.1) is 6.04 Å². The highest BCUT2D eigenvalue weighted by atomic mass is 19.1. The lowest BCUT2D eigenvalue weighted by Crippen LogP contribution is -2.43. The molecule has 9 heteroatoms. The molecule has 2 aromatic carbocycles. The minimum atomic E-state index is -0.806. The van der Waals surface area contributed by atoms with E-state index in [-0.39, 0.29) is 47.7 Å². The van der Waals surface area contributed by atoms with Crippen molar-refractivity contribution in [3.63, 3.8) is 0 Å². The number of benzene rings is 2. The van der Waals surface area contributed by atoms with Crippen molar-refractivity contribution in [1.29, 1.82) is 0 Å². The van der Waals surface area contributed by atoms with Gasteiger partial charge < -0.3 is 19.5 Å². The van der Waals surface area contributed by atoms with Gasteiger partial charge in [0.25, 0.3) is 11.8 Å². The predicted molar refractivity (Wildman–Crippen MR) is 125 cm³/mol. The van der Waals surface area contributed by atoms with Crippen molar-refractivity contribution in [2.24, 2.45) is 0 Å². The molecule has 0 spiro atoms. The number of rotatable bonds is 7. The Morgan fingerprint density at radius 1 is 1.14 bits per heavy atom. The third kappa shape index (κ3) is 4.94. The number of carbonyl (C=O) groups is 2. The van der Waals surface area contributed by atoms with Crippen LogP contribution in [0, 0.1) is 11.6 Å². The third-order valence-electron chi connectivity index (χ3n) is 6.02. The minimum Gasteiger partial charge on any atom is -0.483 e. The van der Waals surface area contributed by atoms with E-state index in [1.165, 1.54) is 17.2 Å². The summed E-state index contributed by atoms with van der Waals surface area (Å²) in [6.45, 7) is 2.14. The van der Waals surface area contributed by atoms with Crippen LogP contribution in [-0.4, -0.2) is 34.9 Å². The van der Waals surface area contributed by atoms with E-state index >= 15 is 0 Å². The predicted octanol–water partition coefficient (Wildman–Crippen LogP) is 3.67. The quantitative estimate of drug-likeness (QED) is 0.559. The van der Waals surface area contributed by atoms with Crippen molar-refractivity contribution >= 4 is 11.8 Å². The van der Waals surface area contributed by atoms with Crippen molar-refractivity contribution in [2.45, 2.75) is 32.5 Å². The first-order chi connectivity index (χ1) is 16.8. The molecule has 0 fully saturated rings. The second-order valence-corrected chi connectivity index (χ2v) is 8.40. The molecule has 0 saturated heterocycles. The number of hydrogen-bond acceptors (Lipinski definition) is 4. The molecular formula is C26H25F2N3O4. The lowest BCUT2D eigenvalue weighted by Gasteiger charge is -2.34. The highest BCUT2D eigenvalue weighted by molar-refractivity contribution is 5.99. The number of ether oxygens (including phenoxy) is 1. The van der Waals surface area contributed by atoms with Gasteiger partial charge in [0.1, 0.15) is 23.8 Å². The average Bonchev–Trinajstić information content (AvgIpc) is 2.85. The summed E-state index contributed by atoms with van der Waals surface area (Å²) in [6, 6.07) is 12.0. The minimum absolute atomic E-state index is 0.0305. The lowest BCUT2D eigenvalue weighted by molar-refractivity contribution is 0.0702. The number of halogens is 2. The van der Waals surface area contributed by atoms with Crippen LogP contribution in [0.3, 0.4) is 0 Å². The molecule has 2 amide bonds. The van der Waals surface area contributed by atoms with Crippen LogP contribution in [0.2, 0.25) is 0 Å². The Hall–Kier alpha value is -4.01. The number of fused-ring (bicyclic) bond motifs is 1. The zero-order valence-corrected chi connectivity index (χ0v) is 19.4. The van der Waals surface area contributed by atoms with Crippen molar-refractivity contribution in [3.8, 4) is 5.75 Å². The molecule has 0 aliphatic carbocycles. The van der Waals surface area contributed by atoms with E-state index in [4.69, 9.17) is 4.74 Å². The summed E-state index contributed by atoms with van der Waals surface area (Å²) in [7, 11) is 1.65. The molecule has 4 rings (SSSR count). The van der Waals surface area contributed by atoms with E-state index in [1.807, 2.05) is 37.3 Å². The van der Waals surface area contributed by atoms with Crippen molar-refractivity contribution in [2.75, 3.05) is 13.6 Å². The Balaban J connectivity index is 1.72. The number of pyridine rings is 1. The molecule has 2 heterocycles. The molecule has 182 valence electrons. The van der Waals surface area contributed by atoms with Gasteiger partial charge in [-0.1, -0.05) is 43.3 Å². The molecule has 0 bridgehead atoms. The van der Waals surface area contributed by atoms with Crippen LogP contribution in [0.15, 0.2) is 59.5 Å². The van der Waals surface area contributed by atoms with E-state index in [9.17, 15) is 23.2 Å². The topological polar surface area (TPSA) is 80.6 Å². The highest BCUT2D eigenvalue weighted by Crippen LogP contribution is 2.28. The van der Waals surface area contributed by atoms with Crippen LogP contribution >= 0.6 is 0 Å². The maximum absolute atomic E-state index is 14.0. The molecule has 0 radical (unpaired) electrons. The lowest BCUT2D eigenvalue weighted by atomic mass is 10.1. The second kappa shape index (κ2) is 10.1. The van der Waals surface area contributed by atoms with Crippen LogP contribution in [-0.2, 0) is 13.2 Å². The summed E-state index contributed by atoms with van der Waals surface area (Å²) in [5, 5.41) is 2.51. The smallest absolute Gasteiger partial charge is 0.274 e. The molecule has 7 nitrogen and oxygen atoms in total. The molecule has 0 saturated carbocycles. The van der Waals surface area contributed by atoms with Crippen molar-refractivity contribution in [3.05, 3.63) is 99.0 Å². The zero-order chi connectivity index (χ0) is 25.1. The van der Waals surface area contributed by atoms with E-state index in [0.29, 0.717) is 13.0 Å². The van der Waals surface area contributed by atoms with E-state index in [2.05, 4.69) is 5.32 Å². The summed E-state index contributed by atoms with van der Waals surface area (Å²) < 4.78 is 34.6. The average molecular weight is 481 g/mol. The molecule has 35 heavy (non-hydrogen) atoms. The van der Waals surface area contributed by atoms with Gasteiger partial charge in [-0.15, -0.1) is 0 Å². The summed E-state index contributed by atoms with van der Waals surface area (Å²) in [6.07, 6.45) is 2.01. The van der Waals surface area contributed by atoms with Gasteiger partial charge in [-0.25, -0.2) is 8.78 Å². The fraction of sp³-hybridized carbons (Fsp3) is 0.269. The maximum atomic E-state index is 14.0. The first kappa shape index (κ1) is 24.1. The van der Waals surface area contributed by atoms with Gasteiger partial charge >= 0.3 is 0 Å². The number of likely N-dealkylation sites (N-methyl/N-ethyl adjacent to an activating group) is 1. The monoisotopic (exact) mass is 481 g/mol. The number of hydrogen-bond donors (Lipinski definition) is 1. The molecule has 1 aromatic heterocycles. The summed E-state index contributed by atoms with van der Waals surface area (Å²) >= 11 is 0. The van der Waals surface area contributed by atoms with Crippen molar-refractivity contribution < 1.29 is 23.1 Å². The summed E-state index contributed by atoms with van der Waals surface area (Å²) in [5.41, 5.74) is -0.0110. The molecule has 1 aliphatic heterocycles. The SMILES string of the molecule is CC[C@H]1CN(C)C(=O)c2c(OCc3ccccc3)c(=O)c(C(=O)NCc3ccc(F)cc3F)cn21. The fourth-order valence-corrected chi connectivity index (χ4v) is 4.06. The van der Waals surface area contributed by atoms with Crippen molar-refractivity contribution in [1.82, 2.24) is 14.8 Å². The van der Waals surface area contributed by atoms with Crippen LogP contribution in [0.5, 0.6) is 5.75 Å². The van der Waals surface area contributed by atoms with Gasteiger partial charge in [0.15, 0.2) is 11.4 Å². The first-order valence-corrected chi connectivity index (χ1v) is 11.2. The van der Waals surface area contributed by atoms with Crippen LogP contribution in [0.4, 0.5) is 8.78 Å². The van der Waals surface area contributed by atoms with Crippen LogP contribution < -0.4 is 15.5 Å². The molecule has 3 aromatic rings. The Labute approximate surface area is 200 Å². The Bertz CT molecular complexity index is 1320. The number of amides is 2. The van der Waals surface area contributed by atoms with Gasteiger partial charge in [0.2, 0.25) is 5.43 Å². The fourth-order valence-electron chi connectivity index (χ4n) is 4.06. The summed E-state index contributed by atoms with van der Waals surface area (Å²) in [4.78, 5) is 40.9. The Kier molecular flexibility index (Phi) is 6.95. The number of nitrogens with zero attached hydrogens (tertiary/aromatic N) is 2. The maximum Gasteiger partial charge on any atom is 0.274 e. The summed E-state index contributed by atoms with van der Waals surface area (Å²) in [5.74, 6) is -2.87. The van der Waals surface area contributed by atoms with E-state index in [0.717, 1.165) is 17.7 Å².